The van der Waals surface area contributed by atoms with Crippen LogP contribution in [0.1, 0.15) is 16.8 Å². The number of halogens is 2. The lowest BCUT2D eigenvalue weighted by Crippen LogP contribution is -2.32. The third kappa shape index (κ3) is 3.90. The number of benzene rings is 2. The van der Waals surface area contributed by atoms with Crippen molar-refractivity contribution in [2.24, 2.45) is 0 Å². The predicted octanol–water partition coefficient (Wildman–Crippen LogP) is 5.02. The Morgan fingerprint density at radius 1 is 1.25 bits per heavy atom. The van der Waals surface area contributed by atoms with E-state index in [4.69, 9.17) is 11.6 Å². The maximum Gasteiger partial charge on any atom is 0.260 e. The first kappa shape index (κ1) is 18.6. The lowest BCUT2D eigenvalue weighted by atomic mass is 10.2. The summed E-state index contributed by atoms with van der Waals surface area (Å²) in [5, 5.41) is 0.954. The van der Waals surface area contributed by atoms with Crippen LogP contribution in [0, 0.1) is 5.82 Å². The first-order valence-corrected chi connectivity index (χ1v) is 9.89. The molecule has 0 aliphatic carbocycles. The van der Waals surface area contributed by atoms with Crippen LogP contribution in [0.2, 0.25) is 5.02 Å². The second kappa shape index (κ2) is 8.08. The Morgan fingerprint density at radius 2 is 2.11 bits per heavy atom. The van der Waals surface area contributed by atoms with Crippen LogP contribution in [-0.4, -0.2) is 27.0 Å². The summed E-state index contributed by atoms with van der Waals surface area (Å²) in [6, 6.07) is 11.6. The highest BCUT2D eigenvalue weighted by Gasteiger charge is 2.22. The highest BCUT2D eigenvalue weighted by Crippen LogP contribution is 2.31. The fourth-order valence-electron chi connectivity index (χ4n) is 2.91. The summed E-state index contributed by atoms with van der Waals surface area (Å²) in [5.41, 5.74) is 0.746. The highest BCUT2D eigenvalue weighted by molar-refractivity contribution is 7.22. The van der Waals surface area contributed by atoms with E-state index in [1.165, 1.54) is 17.4 Å². The molecule has 142 valence electrons. The molecule has 5 nitrogen and oxygen atoms in total. The van der Waals surface area contributed by atoms with Gasteiger partial charge in [0.25, 0.3) is 5.91 Å². The van der Waals surface area contributed by atoms with Crippen LogP contribution in [-0.2, 0) is 6.54 Å². The Morgan fingerprint density at radius 3 is 2.86 bits per heavy atom. The number of carbonyl (C=O) groups is 1. The van der Waals surface area contributed by atoms with Crippen molar-refractivity contribution >= 4 is 44.2 Å². The van der Waals surface area contributed by atoms with Crippen molar-refractivity contribution in [3.05, 3.63) is 77.6 Å². The molecule has 0 spiro atoms. The minimum absolute atomic E-state index is 0.215. The smallest absolute Gasteiger partial charge is 0.260 e. The molecular weight excluding hydrogens is 399 g/mol. The van der Waals surface area contributed by atoms with Crippen molar-refractivity contribution in [3.8, 4) is 0 Å². The number of amides is 1. The molecule has 4 rings (SSSR count). The molecule has 0 atom stereocenters. The third-order valence-corrected chi connectivity index (χ3v) is 5.54. The van der Waals surface area contributed by atoms with Gasteiger partial charge in [-0.1, -0.05) is 35.1 Å². The van der Waals surface area contributed by atoms with Crippen LogP contribution in [0.3, 0.4) is 0 Å². The maximum atomic E-state index is 14.1. The van der Waals surface area contributed by atoms with E-state index in [1.54, 1.807) is 53.8 Å². The van der Waals surface area contributed by atoms with E-state index in [9.17, 15) is 9.18 Å². The fraction of sp³-hybridized carbons (Fsp3) is 0.150. The van der Waals surface area contributed by atoms with Gasteiger partial charge in [-0.15, -0.1) is 0 Å². The monoisotopic (exact) mass is 414 g/mol. The number of nitrogens with zero attached hydrogens (tertiary/aromatic N) is 4. The quantitative estimate of drug-likeness (QED) is 0.445. The Kier molecular flexibility index (Phi) is 5.36. The van der Waals surface area contributed by atoms with Gasteiger partial charge >= 0.3 is 0 Å². The highest BCUT2D eigenvalue weighted by atomic mass is 35.5. The first-order chi connectivity index (χ1) is 13.6. The van der Waals surface area contributed by atoms with Gasteiger partial charge in [0.15, 0.2) is 5.13 Å². The molecule has 0 saturated heterocycles. The number of anilines is 1. The largest absolute Gasteiger partial charge is 0.337 e. The van der Waals surface area contributed by atoms with Gasteiger partial charge in [-0.2, -0.15) is 0 Å². The molecule has 1 amide bonds. The van der Waals surface area contributed by atoms with Gasteiger partial charge in [-0.25, -0.2) is 14.4 Å². The number of carbonyl (C=O) groups excluding carboxylic acids is 1. The number of imidazole rings is 1. The van der Waals surface area contributed by atoms with E-state index in [1.807, 2.05) is 10.8 Å². The Labute approximate surface area is 170 Å². The number of aromatic nitrogens is 3. The minimum Gasteiger partial charge on any atom is -0.337 e. The molecule has 4 aromatic rings. The van der Waals surface area contributed by atoms with Crippen LogP contribution in [0.5, 0.6) is 0 Å². The van der Waals surface area contributed by atoms with Crippen LogP contribution in [0.25, 0.3) is 10.2 Å². The molecular formula is C20H16ClFN4OS. The summed E-state index contributed by atoms with van der Waals surface area (Å²) >= 11 is 7.35. The van der Waals surface area contributed by atoms with Gasteiger partial charge in [0.2, 0.25) is 0 Å². The van der Waals surface area contributed by atoms with E-state index >= 15 is 0 Å². The van der Waals surface area contributed by atoms with Gasteiger partial charge < -0.3 is 4.57 Å². The average Bonchev–Trinajstić information content (AvgIpc) is 3.35. The third-order valence-electron chi connectivity index (χ3n) is 4.26. The molecule has 0 radical (unpaired) electrons. The standard InChI is InChI=1S/C20H16ClFN4OS/c21-15-5-1-4-14(12-15)19(27)26(10-3-9-25-11-8-23-13-25)20-24-18-16(22)6-2-7-17(18)28-20/h1-2,4-8,11-13H,3,9-10H2. The van der Waals surface area contributed by atoms with Crippen molar-refractivity contribution in [2.75, 3.05) is 11.4 Å². The zero-order chi connectivity index (χ0) is 19.5. The molecule has 2 aromatic heterocycles. The molecule has 8 heteroatoms. The Balaban J connectivity index is 1.65. The van der Waals surface area contributed by atoms with Crippen molar-refractivity contribution in [2.45, 2.75) is 13.0 Å². The summed E-state index contributed by atoms with van der Waals surface area (Å²) < 4.78 is 16.7. The van der Waals surface area contributed by atoms with E-state index in [2.05, 4.69) is 9.97 Å². The van der Waals surface area contributed by atoms with Crippen LogP contribution < -0.4 is 4.90 Å². The fourth-order valence-corrected chi connectivity index (χ4v) is 4.11. The summed E-state index contributed by atoms with van der Waals surface area (Å²) in [5.74, 6) is -0.610. The summed E-state index contributed by atoms with van der Waals surface area (Å²) in [7, 11) is 0. The van der Waals surface area contributed by atoms with Crippen molar-refractivity contribution in [1.82, 2.24) is 14.5 Å². The normalized spacial score (nSPS) is 11.1. The maximum absolute atomic E-state index is 14.1. The Bertz CT molecular complexity index is 1110. The number of fused-ring (bicyclic) bond motifs is 1. The number of rotatable bonds is 6. The molecule has 28 heavy (non-hydrogen) atoms. The van der Waals surface area contributed by atoms with Crippen LogP contribution in [0.4, 0.5) is 9.52 Å². The average molecular weight is 415 g/mol. The summed E-state index contributed by atoms with van der Waals surface area (Å²) in [6.07, 6.45) is 6.01. The molecule has 2 aromatic carbocycles. The molecule has 0 bridgehead atoms. The lowest BCUT2D eigenvalue weighted by Gasteiger charge is -2.20. The SMILES string of the molecule is O=C(c1cccc(Cl)c1)N(CCCn1ccnc1)c1nc2c(F)cccc2s1. The lowest BCUT2D eigenvalue weighted by molar-refractivity contribution is 0.0986. The zero-order valence-electron chi connectivity index (χ0n) is 14.8. The second-order valence-electron chi connectivity index (χ2n) is 6.20. The number of thiazole rings is 1. The van der Waals surface area contributed by atoms with Gasteiger partial charge in [0, 0.05) is 36.1 Å². The van der Waals surface area contributed by atoms with Gasteiger partial charge in [0.05, 0.1) is 11.0 Å². The van der Waals surface area contributed by atoms with Crippen molar-refractivity contribution < 1.29 is 9.18 Å². The molecule has 0 aliphatic rings. The predicted molar refractivity (Wildman–Crippen MR) is 110 cm³/mol. The number of hydrogen-bond donors (Lipinski definition) is 0. The molecule has 0 saturated carbocycles. The van der Waals surface area contributed by atoms with E-state index < -0.39 is 5.82 Å². The topological polar surface area (TPSA) is 51.0 Å². The van der Waals surface area contributed by atoms with Crippen LogP contribution in [0.15, 0.2) is 61.2 Å². The van der Waals surface area contributed by atoms with Gasteiger partial charge in [0.1, 0.15) is 11.3 Å². The molecule has 0 N–H and O–H groups in total. The molecule has 0 fully saturated rings. The van der Waals surface area contributed by atoms with Gasteiger partial charge in [-0.05, 0) is 36.8 Å². The number of para-hydroxylation sites is 1. The molecule has 0 unspecified atom stereocenters. The second-order valence-corrected chi connectivity index (χ2v) is 7.65. The number of hydrogen-bond acceptors (Lipinski definition) is 4. The van der Waals surface area contributed by atoms with Crippen LogP contribution >= 0.6 is 22.9 Å². The summed E-state index contributed by atoms with van der Waals surface area (Å²) in [4.78, 5) is 23.2. The summed E-state index contributed by atoms with van der Waals surface area (Å²) in [6.45, 7) is 1.14. The van der Waals surface area contributed by atoms with Crippen molar-refractivity contribution in [1.29, 1.82) is 0 Å². The Hall–Kier alpha value is -2.77. The molecule has 0 aliphatic heterocycles. The van der Waals surface area contributed by atoms with E-state index in [-0.39, 0.29) is 11.4 Å². The number of aryl methyl sites for hydroxylation is 1. The van der Waals surface area contributed by atoms with E-state index in [0.29, 0.717) is 39.9 Å². The zero-order valence-corrected chi connectivity index (χ0v) is 16.3. The minimum atomic E-state index is -0.395. The van der Waals surface area contributed by atoms with Gasteiger partial charge in [-0.3, -0.25) is 9.69 Å². The van der Waals surface area contributed by atoms with Crippen molar-refractivity contribution in [3.63, 3.8) is 0 Å². The first-order valence-electron chi connectivity index (χ1n) is 8.70. The molecule has 2 heterocycles. The van der Waals surface area contributed by atoms with E-state index in [0.717, 1.165) is 0 Å².